The lowest BCUT2D eigenvalue weighted by Crippen LogP contribution is -2.34. The molecule has 0 radical (unpaired) electrons. The van der Waals surface area contributed by atoms with Crippen LogP contribution >= 0.6 is 0 Å². The van der Waals surface area contributed by atoms with E-state index in [1.807, 2.05) is 17.0 Å². The molecule has 1 aromatic carbocycles. The van der Waals surface area contributed by atoms with E-state index in [1.165, 1.54) is 16.6 Å². The third kappa shape index (κ3) is 2.56. The third-order valence-corrected chi connectivity index (χ3v) is 4.23. The number of carbonyl (C=O) groups excluding carboxylic acids is 1. The molecule has 0 spiro atoms. The summed E-state index contributed by atoms with van der Waals surface area (Å²) < 4.78 is 1.44. The van der Waals surface area contributed by atoms with E-state index in [0.29, 0.717) is 0 Å². The van der Waals surface area contributed by atoms with Crippen LogP contribution in [0.1, 0.15) is 30.3 Å². The highest BCUT2D eigenvalue weighted by Gasteiger charge is 2.32. The van der Waals surface area contributed by atoms with Crippen LogP contribution in [0.25, 0.3) is 11.0 Å². The van der Waals surface area contributed by atoms with Gasteiger partial charge in [-0.15, -0.1) is 5.10 Å². The monoisotopic (exact) mass is 311 g/mol. The van der Waals surface area contributed by atoms with Crippen molar-refractivity contribution in [3.8, 4) is 0 Å². The SMILES string of the molecule is Cc1ccc2nc([C@H]3CCCN3C(=O)Cn3cnnn3)[nH]c2c1. The van der Waals surface area contributed by atoms with Crippen LogP contribution in [-0.4, -0.2) is 47.5 Å². The molecule has 118 valence electrons. The number of aryl methyl sites for hydroxylation is 1. The van der Waals surface area contributed by atoms with E-state index in [2.05, 4.69) is 38.5 Å². The Kier molecular flexibility index (Phi) is 3.29. The molecule has 1 aliphatic rings. The van der Waals surface area contributed by atoms with E-state index in [-0.39, 0.29) is 18.5 Å². The largest absolute Gasteiger partial charge is 0.340 e. The number of hydrogen-bond acceptors (Lipinski definition) is 5. The van der Waals surface area contributed by atoms with E-state index >= 15 is 0 Å². The minimum absolute atomic E-state index is 0.00770. The number of carbonyl (C=O) groups is 1. The lowest BCUT2D eigenvalue weighted by Gasteiger charge is -2.22. The van der Waals surface area contributed by atoms with Crippen LogP contribution in [0.15, 0.2) is 24.5 Å². The number of nitrogens with one attached hydrogen (secondary N) is 1. The highest BCUT2D eigenvalue weighted by atomic mass is 16.2. The molecule has 1 aliphatic heterocycles. The van der Waals surface area contributed by atoms with E-state index < -0.39 is 0 Å². The van der Waals surface area contributed by atoms with Gasteiger partial charge < -0.3 is 9.88 Å². The topological polar surface area (TPSA) is 92.6 Å². The number of benzene rings is 1. The molecule has 1 fully saturated rings. The number of aromatic nitrogens is 6. The van der Waals surface area contributed by atoms with Gasteiger partial charge in [-0.05, 0) is 47.9 Å². The summed E-state index contributed by atoms with van der Waals surface area (Å²) >= 11 is 0. The predicted molar refractivity (Wildman–Crippen MR) is 82.3 cm³/mol. The number of imidazole rings is 1. The summed E-state index contributed by atoms with van der Waals surface area (Å²) in [4.78, 5) is 22.4. The highest BCUT2D eigenvalue weighted by Crippen LogP contribution is 2.31. The lowest BCUT2D eigenvalue weighted by atomic mass is 10.2. The van der Waals surface area contributed by atoms with Crippen LogP contribution < -0.4 is 0 Å². The van der Waals surface area contributed by atoms with Crippen LogP contribution in [-0.2, 0) is 11.3 Å². The summed E-state index contributed by atoms with van der Waals surface area (Å²) in [5, 5.41) is 10.9. The van der Waals surface area contributed by atoms with Crippen molar-refractivity contribution in [3.63, 3.8) is 0 Å². The number of amides is 1. The number of hydrogen-bond donors (Lipinski definition) is 1. The molecule has 0 saturated carbocycles. The average Bonchev–Trinajstić information content (AvgIpc) is 3.26. The standard InChI is InChI=1S/C15H17N7O/c1-10-4-5-11-12(7-10)18-15(17-11)13-3-2-6-22(13)14(23)8-21-9-16-19-20-21/h4-5,7,9,13H,2-3,6,8H2,1H3,(H,17,18)/t13-/m1/s1. The summed E-state index contributed by atoms with van der Waals surface area (Å²) in [7, 11) is 0. The van der Waals surface area contributed by atoms with E-state index in [9.17, 15) is 4.79 Å². The number of nitrogens with zero attached hydrogens (tertiary/aromatic N) is 6. The van der Waals surface area contributed by atoms with Gasteiger partial charge in [-0.2, -0.15) is 0 Å². The second-order valence-corrected chi connectivity index (χ2v) is 5.90. The Morgan fingerprint density at radius 2 is 2.35 bits per heavy atom. The quantitative estimate of drug-likeness (QED) is 0.785. The molecule has 3 heterocycles. The van der Waals surface area contributed by atoms with Crippen molar-refractivity contribution in [3.05, 3.63) is 35.9 Å². The minimum Gasteiger partial charge on any atom is -0.340 e. The summed E-state index contributed by atoms with van der Waals surface area (Å²) in [6, 6.07) is 6.12. The molecule has 1 atom stereocenters. The normalized spacial score (nSPS) is 18.0. The molecule has 1 amide bonds. The van der Waals surface area contributed by atoms with Gasteiger partial charge in [0.1, 0.15) is 18.7 Å². The Morgan fingerprint density at radius 1 is 1.43 bits per heavy atom. The van der Waals surface area contributed by atoms with Crippen LogP contribution in [0.5, 0.6) is 0 Å². The zero-order chi connectivity index (χ0) is 15.8. The van der Waals surface area contributed by atoms with Crippen molar-refractivity contribution >= 4 is 16.9 Å². The van der Waals surface area contributed by atoms with Crippen LogP contribution in [0.4, 0.5) is 0 Å². The maximum Gasteiger partial charge on any atom is 0.245 e. The van der Waals surface area contributed by atoms with Gasteiger partial charge in [-0.3, -0.25) is 4.79 Å². The Morgan fingerprint density at radius 3 is 3.17 bits per heavy atom. The summed E-state index contributed by atoms with van der Waals surface area (Å²) in [6.07, 6.45) is 3.34. The van der Waals surface area contributed by atoms with Gasteiger partial charge >= 0.3 is 0 Å². The van der Waals surface area contributed by atoms with Gasteiger partial charge in [0.2, 0.25) is 5.91 Å². The third-order valence-electron chi connectivity index (χ3n) is 4.23. The lowest BCUT2D eigenvalue weighted by molar-refractivity contribution is -0.133. The second kappa shape index (κ2) is 5.45. The highest BCUT2D eigenvalue weighted by molar-refractivity contribution is 5.78. The molecule has 4 rings (SSSR count). The molecule has 0 aliphatic carbocycles. The van der Waals surface area contributed by atoms with Crippen molar-refractivity contribution in [2.75, 3.05) is 6.54 Å². The molecular formula is C15H17N7O. The summed E-state index contributed by atoms with van der Waals surface area (Å²) in [5.74, 6) is 0.865. The first-order valence-corrected chi connectivity index (χ1v) is 7.67. The predicted octanol–water partition coefficient (Wildman–Crippen LogP) is 1.22. The first kappa shape index (κ1) is 13.9. The molecular weight excluding hydrogens is 294 g/mol. The van der Waals surface area contributed by atoms with Gasteiger partial charge in [0.05, 0.1) is 17.1 Å². The Balaban J connectivity index is 1.59. The number of likely N-dealkylation sites (tertiary alicyclic amines) is 1. The van der Waals surface area contributed by atoms with Crippen LogP contribution in [0, 0.1) is 6.92 Å². The van der Waals surface area contributed by atoms with Crippen LogP contribution in [0.2, 0.25) is 0 Å². The molecule has 1 N–H and O–H groups in total. The molecule has 0 bridgehead atoms. The average molecular weight is 311 g/mol. The van der Waals surface area contributed by atoms with E-state index in [1.54, 1.807) is 0 Å². The van der Waals surface area contributed by atoms with Crippen molar-refractivity contribution in [2.24, 2.45) is 0 Å². The van der Waals surface area contributed by atoms with Crippen molar-refractivity contribution in [2.45, 2.75) is 32.4 Å². The van der Waals surface area contributed by atoms with E-state index in [0.717, 1.165) is 36.2 Å². The number of tetrazole rings is 1. The zero-order valence-corrected chi connectivity index (χ0v) is 12.8. The molecule has 3 aromatic rings. The molecule has 0 unspecified atom stereocenters. The van der Waals surface area contributed by atoms with Crippen molar-refractivity contribution in [1.82, 2.24) is 35.1 Å². The molecule has 1 saturated heterocycles. The number of aromatic amines is 1. The summed E-state index contributed by atoms with van der Waals surface area (Å²) in [5.41, 5.74) is 3.14. The smallest absolute Gasteiger partial charge is 0.245 e. The van der Waals surface area contributed by atoms with Gasteiger partial charge in [0.15, 0.2) is 0 Å². The first-order valence-electron chi connectivity index (χ1n) is 7.67. The molecule has 23 heavy (non-hydrogen) atoms. The minimum atomic E-state index is -0.00770. The first-order chi connectivity index (χ1) is 11.2. The fraction of sp³-hybridized carbons (Fsp3) is 0.400. The van der Waals surface area contributed by atoms with Crippen LogP contribution in [0.3, 0.4) is 0 Å². The molecule has 8 nitrogen and oxygen atoms in total. The van der Waals surface area contributed by atoms with Crippen molar-refractivity contribution < 1.29 is 4.79 Å². The van der Waals surface area contributed by atoms with Gasteiger partial charge in [0, 0.05) is 6.54 Å². The maximum atomic E-state index is 12.5. The summed E-state index contributed by atoms with van der Waals surface area (Å²) in [6.45, 7) is 2.95. The van der Waals surface area contributed by atoms with Gasteiger partial charge in [-0.1, -0.05) is 6.07 Å². The number of H-pyrrole nitrogens is 1. The number of rotatable bonds is 3. The molecule has 2 aromatic heterocycles. The zero-order valence-electron chi connectivity index (χ0n) is 12.8. The van der Waals surface area contributed by atoms with Gasteiger partial charge in [-0.25, -0.2) is 9.67 Å². The Hall–Kier alpha value is -2.77. The Labute approximate surface area is 132 Å². The fourth-order valence-corrected chi connectivity index (χ4v) is 3.13. The maximum absolute atomic E-state index is 12.5. The Bertz CT molecular complexity index is 839. The molecule has 8 heteroatoms. The fourth-order valence-electron chi connectivity index (χ4n) is 3.13. The second-order valence-electron chi connectivity index (χ2n) is 5.90. The van der Waals surface area contributed by atoms with E-state index in [4.69, 9.17) is 0 Å². The number of fused-ring (bicyclic) bond motifs is 1. The van der Waals surface area contributed by atoms with Gasteiger partial charge in [0.25, 0.3) is 0 Å². The van der Waals surface area contributed by atoms with Crippen molar-refractivity contribution in [1.29, 1.82) is 0 Å².